The summed E-state index contributed by atoms with van der Waals surface area (Å²) < 4.78 is 2.31. The summed E-state index contributed by atoms with van der Waals surface area (Å²) in [5.41, 5.74) is 4.52. The maximum atomic E-state index is 10.2. The van der Waals surface area contributed by atoms with Gasteiger partial charge in [0.05, 0.1) is 17.5 Å². The number of aliphatic hydroxyl groups is 1. The normalized spacial score (nSPS) is 16.1. The molecule has 6 heteroatoms. The van der Waals surface area contributed by atoms with E-state index in [0.29, 0.717) is 19.0 Å². The number of imidazole rings is 1. The highest BCUT2D eigenvalue weighted by Crippen LogP contribution is 2.42. The number of aryl methyl sites for hydroxylation is 1. The van der Waals surface area contributed by atoms with Crippen LogP contribution in [0.3, 0.4) is 0 Å². The predicted octanol–water partition coefficient (Wildman–Crippen LogP) is 2.80. The number of nitrogens with one attached hydrogen (secondary N) is 1. The number of aromatic nitrogens is 3. The van der Waals surface area contributed by atoms with Crippen LogP contribution in [0.5, 0.6) is 0 Å². The number of nitrogens with zero attached hydrogens (tertiary/aromatic N) is 3. The maximum absolute atomic E-state index is 10.2. The quantitative estimate of drug-likeness (QED) is 0.730. The van der Waals surface area contributed by atoms with Gasteiger partial charge in [0, 0.05) is 48.0 Å². The molecule has 5 nitrogen and oxygen atoms in total. The van der Waals surface area contributed by atoms with Crippen LogP contribution in [0.1, 0.15) is 47.5 Å². The van der Waals surface area contributed by atoms with Crippen LogP contribution in [0.25, 0.3) is 4.96 Å². The van der Waals surface area contributed by atoms with Gasteiger partial charge in [0.1, 0.15) is 0 Å². The fourth-order valence-electron chi connectivity index (χ4n) is 2.93. The summed E-state index contributed by atoms with van der Waals surface area (Å²) >= 11 is 1.72. The molecule has 0 saturated heterocycles. The van der Waals surface area contributed by atoms with Gasteiger partial charge in [-0.05, 0) is 25.8 Å². The fraction of sp³-hybridized carbons (Fsp3) is 0.412. The zero-order chi connectivity index (χ0) is 15.8. The lowest BCUT2D eigenvalue weighted by Crippen LogP contribution is -2.22. The van der Waals surface area contributed by atoms with E-state index < -0.39 is 6.10 Å². The standard InChI is InChI=1S/C17H20N4OS/c1-11-14(8-19-9-16(22)13-3-2-6-18-7-13)21-15(12-4-5-12)10-23-17(21)20-11/h2-3,6-7,10,12,16,19,22H,4-5,8-9H2,1H3. The van der Waals surface area contributed by atoms with Crippen LogP contribution in [0.2, 0.25) is 0 Å². The fourth-order valence-corrected chi connectivity index (χ4v) is 3.96. The summed E-state index contributed by atoms with van der Waals surface area (Å²) in [6.45, 7) is 3.27. The van der Waals surface area contributed by atoms with E-state index in [1.807, 2.05) is 12.1 Å². The molecule has 1 fully saturated rings. The Bertz CT molecular complexity index is 807. The summed E-state index contributed by atoms with van der Waals surface area (Å²) in [6.07, 6.45) is 5.45. The molecule has 0 radical (unpaired) electrons. The number of rotatable bonds is 6. The lowest BCUT2D eigenvalue weighted by molar-refractivity contribution is 0.174. The molecule has 3 aromatic heterocycles. The molecular weight excluding hydrogens is 308 g/mol. The van der Waals surface area contributed by atoms with Crippen molar-refractivity contribution in [1.29, 1.82) is 0 Å². The van der Waals surface area contributed by atoms with Gasteiger partial charge in [0.2, 0.25) is 0 Å². The largest absolute Gasteiger partial charge is 0.387 e. The Morgan fingerprint density at radius 2 is 2.35 bits per heavy atom. The van der Waals surface area contributed by atoms with Crippen molar-refractivity contribution < 1.29 is 5.11 Å². The van der Waals surface area contributed by atoms with Crippen LogP contribution >= 0.6 is 11.3 Å². The van der Waals surface area contributed by atoms with Crippen molar-refractivity contribution in [3.05, 3.63) is 52.6 Å². The second kappa shape index (κ2) is 6.03. The van der Waals surface area contributed by atoms with Crippen molar-refractivity contribution in [1.82, 2.24) is 19.7 Å². The summed E-state index contributed by atoms with van der Waals surface area (Å²) in [5.74, 6) is 0.706. The topological polar surface area (TPSA) is 62.5 Å². The molecule has 1 atom stereocenters. The maximum Gasteiger partial charge on any atom is 0.194 e. The zero-order valence-electron chi connectivity index (χ0n) is 13.1. The van der Waals surface area contributed by atoms with E-state index >= 15 is 0 Å². The Balaban J connectivity index is 1.47. The molecule has 0 aliphatic heterocycles. The zero-order valence-corrected chi connectivity index (χ0v) is 13.9. The minimum atomic E-state index is -0.544. The monoisotopic (exact) mass is 328 g/mol. The Morgan fingerprint density at radius 1 is 1.48 bits per heavy atom. The molecule has 2 N–H and O–H groups in total. The van der Waals surface area contributed by atoms with Crippen molar-refractivity contribution in [2.75, 3.05) is 6.54 Å². The number of fused-ring (bicyclic) bond motifs is 1. The van der Waals surface area contributed by atoms with E-state index in [-0.39, 0.29) is 0 Å². The SMILES string of the molecule is Cc1nc2scc(C3CC3)n2c1CNCC(O)c1cccnc1. The molecule has 0 amide bonds. The molecule has 0 aromatic carbocycles. The highest BCUT2D eigenvalue weighted by atomic mass is 32.1. The average molecular weight is 328 g/mol. The molecule has 1 saturated carbocycles. The van der Waals surface area contributed by atoms with Gasteiger partial charge < -0.3 is 10.4 Å². The minimum absolute atomic E-state index is 0.501. The first-order valence-electron chi connectivity index (χ1n) is 7.98. The number of aliphatic hydroxyl groups excluding tert-OH is 1. The molecule has 0 spiro atoms. The van der Waals surface area contributed by atoms with Crippen molar-refractivity contribution in [2.45, 2.75) is 38.3 Å². The van der Waals surface area contributed by atoms with Gasteiger partial charge in [0.25, 0.3) is 0 Å². The lowest BCUT2D eigenvalue weighted by atomic mass is 10.1. The molecule has 1 aliphatic rings. The van der Waals surface area contributed by atoms with Gasteiger partial charge in [-0.25, -0.2) is 4.98 Å². The second-order valence-corrected chi connectivity index (χ2v) is 6.97. The third-order valence-electron chi connectivity index (χ3n) is 4.38. The minimum Gasteiger partial charge on any atom is -0.387 e. The Kier molecular flexibility index (Phi) is 3.88. The predicted molar refractivity (Wildman–Crippen MR) is 90.7 cm³/mol. The van der Waals surface area contributed by atoms with Crippen LogP contribution in [0.4, 0.5) is 0 Å². The first-order chi connectivity index (χ1) is 11.2. The third-order valence-corrected chi connectivity index (χ3v) is 5.22. The average Bonchev–Trinajstić information content (AvgIpc) is 3.26. The van der Waals surface area contributed by atoms with Gasteiger partial charge in [-0.1, -0.05) is 6.07 Å². The van der Waals surface area contributed by atoms with Crippen LogP contribution in [0, 0.1) is 6.92 Å². The first kappa shape index (κ1) is 14.8. The lowest BCUT2D eigenvalue weighted by Gasteiger charge is -2.12. The molecule has 23 heavy (non-hydrogen) atoms. The van der Waals surface area contributed by atoms with Gasteiger partial charge in [0.15, 0.2) is 4.96 Å². The molecule has 1 aliphatic carbocycles. The van der Waals surface area contributed by atoms with E-state index in [4.69, 9.17) is 0 Å². The van der Waals surface area contributed by atoms with Crippen LogP contribution in [-0.4, -0.2) is 26.0 Å². The van der Waals surface area contributed by atoms with Crippen LogP contribution < -0.4 is 5.32 Å². The van der Waals surface area contributed by atoms with E-state index in [0.717, 1.165) is 16.2 Å². The van der Waals surface area contributed by atoms with Crippen LogP contribution in [-0.2, 0) is 6.54 Å². The van der Waals surface area contributed by atoms with Gasteiger partial charge in [-0.2, -0.15) is 0 Å². The molecule has 3 heterocycles. The van der Waals surface area contributed by atoms with Gasteiger partial charge in [-0.3, -0.25) is 9.38 Å². The molecule has 3 aromatic rings. The van der Waals surface area contributed by atoms with E-state index in [2.05, 4.69) is 32.0 Å². The summed E-state index contributed by atoms with van der Waals surface area (Å²) in [6, 6.07) is 3.74. The Morgan fingerprint density at radius 3 is 3.09 bits per heavy atom. The number of thiazole rings is 1. The molecular formula is C17H20N4OS. The first-order valence-corrected chi connectivity index (χ1v) is 8.86. The van der Waals surface area contributed by atoms with Crippen LogP contribution in [0.15, 0.2) is 29.9 Å². The summed E-state index contributed by atoms with van der Waals surface area (Å²) in [7, 11) is 0. The van der Waals surface area contributed by atoms with Crippen molar-refractivity contribution >= 4 is 16.3 Å². The molecule has 120 valence electrons. The van der Waals surface area contributed by atoms with Gasteiger partial charge in [-0.15, -0.1) is 11.3 Å². The number of hydrogen-bond acceptors (Lipinski definition) is 5. The summed E-state index contributed by atoms with van der Waals surface area (Å²) in [5, 5.41) is 15.8. The molecule has 0 bridgehead atoms. The van der Waals surface area contributed by atoms with Crippen molar-refractivity contribution in [3.63, 3.8) is 0 Å². The Hall–Kier alpha value is -1.76. The highest BCUT2D eigenvalue weighted by Gasteiger charge is 2.28. The molecule has 1 unspecified atom stereocenters. The highest BCUT2D eigenvalue weighted by molar-refractivity contribution is 7.15. The van der Waals surface area contributed by atoms with Gasteiger partial charge >= 0.3 is 0 Å². The summed E-state index contributed by atoms with van der Waals surface area (Å²) in [4.78, 5) is 9.80. The third kappa shape index (κ3) is 2.89. The number of hydrogen-bond donors (Lipinski definition) is 2. The van der Waals surface area contributed by atoms with E-state index in [1.165, 1.54) is 24.2 Å². The van der Waals surface area contributed by atoms with Crippen molar-refractivity contribution in [3.8, 4) is 0 Å². The van der Waals surface area contributed by atoms with E-state index in [9.17, 15) is 5.11 Å². The second-order valence-electron chi connectivity index (χ2n) is 6.13. The smallest absolute Gasteiger partial charge is 0.194 e. The van der Waals surface area contributed by atoms with E-state index in [1.54, 1.807) is 23.7 Å². The number of pyridine rings is 1. The molecule has 4 rings (SSSR count). The Labute approximate surface area is 139 Å². The van der Waals surface area contributed by atoms with Crippen molar-refractivity contribution in [2.24, 2.45) is 0 Å².